The molecule has 1 amide bonds. The van der Waals surface area contributed by atoms with Gasteiger partial charge in [-0.05, 0) is 48.9 Å². The van der Waals surface area contributed by atoms with Crippen molar-refractivity contribution < 1.29 is 28.2 Å². The van der Waals surface area contributed by atoms with Crippen LogP contribution in [0.1, 0.15) is 49.3 Å². The van der Waals surface area contributed by atoms with Gasteiger partial charge in [0.25, 0.3) is 5.91 Å². The minimum absolute atomic E-state index is 0.164. The van der Waals surface area contributed by atoms with Crippen molar-refractivity contribution in [3.8, 4) is 5.75 Å². The highest BCUT2D eigenvalue weighted by Gasteiger charge is 2.37. The molecular weight excluding hydrogens is 439 g/mol. The summed E-state index contributed by atoms with van der Waals surface area (Å²) in [6, 6.07) is 10.5. The van der Waals surface area contributed by atoms with Crippen molar-refractivity contribution in [3.05, 3.63) is 71.3 Å². The summed E-state index contributed by atoms with van der Waals surface area (Å²) < 4.78 is 23.9. The van der Waals surface area contributed by atoms with Crippen molar-refractivity contribution >= 4 is 34.3 Å². The summed E-state index contributed by atoms with van der Waals surface area (Å²) in [6.45, 7) is 7.41. The van der Waals surface area contributed by atoms with E-state index in [1.165, 1.54) is 42.3 Å². The van der Waals surface area contributed by atoms with E-state index in [9.17, 15) is 18.8 Å². The zero-order valence-electron chi connectivity index (χ0n) is 19.4. The fourth-order valence-corrected chi connectivity index (χ4v) is 4.33. The third-order valence-electron chi connectivity index (χ3n) is 5.68. The van der Waals surface area contributed by atoms with E-state index in [0.717, 1.165) is 10.9 Å². The molecule has 0 fully saturated rings. The summed E-state index contributed by atoms with van der Waals surface area (Å²) >= 11 is 0. The van der Waals surface area contributed by atoms with Crippen LogP contribution in [0.2, 0.25) is 0 Å². The molecule has 8 heteroatoms. The first-order valence-corrected chi connectivity index (χ1v) is 10.9. The molecule has 1 aliphatic rings. The van der Waals surface area contributed by atoms with Gasteiger partial charge in [-0.25, -0.2) is 9.18 Å². The molecule has 0 spiro atoms. The SMILES string of the molecule is CCOC(=O)C1=CN(C(=O)c2ccc(F)cc2)CC(C)(C)c2c1[nH]c1cc(OC(C)=O)ccc21. The topological polar surface area (TPSA) is 88.7 Å². The number of rotatable bonds is 4. The number of esters is 2. The van der Waals surface area contributed by atoms with Gasteiger partial charge >= 0.3 is 11.9 Å². The molecule has 4 rings (SSSR count). The molecule has 1 aliphatic heterocycles. The van der Waals surface area contributed by atoms with Crippen molar-refractivity contribution in [2.75, 3.05) is 13.2 Å². The zero-order chi connectivity index (χ0) is 24.6. The Morgan fingerprint density at radius 1 is 1.12 bits per heavy atom. The van der Waals surface area contributed by atoms with Gasteiger partial charge in [0.1, 0.15) is 11.6 Å². The molecule has 176 valence electrons. The monoisotopic (exact) mass is 464 g/mol. The summed E-state index contributed by atoms with van der Waals surface area (Å²) in [7, 11) is 0. The molecular formula is C26H25FN2O5. The molecule has 1 N–H and O–H groups in total. The molecule has 3 aromatic rings. The highest BCUT2D eigenvalue weighted by molar-refractivity contribution is 6.18. The highest BCUT2D eigenvalue weighted by Crippen LogP contribution is 2.41. The predicted octanol–water partition coefficient (Wildman–Crippen LogP) is 4.57. The Bertz CT molecular complexity index is 1320. The van der Waals surface area contributed by atoms with Crippen LogP contribution in [0.5, 0.6) is 5.75 Å². The van der Waals surface area contributed by atoms with E-state index in [0.29, 0.717) is 22.5 Å². The van der Waals surface area contributed by atoms with Crippen LogP contribution in [0.4, 0.5) is 4.39 Å². The highest BCUT2D eigenvalue weighted by atomic mass is 19.1. The molecule has 0 unspecified atom stereocenters. The zero-order valence-corrected chi connectivity index (χ0v) is 19.4. The van der Waals surface area contributed by atoms with Crippen LogP contribution in [-0.4, -0.2) is 40.9 Å². The lowest BCUT2D eigenvalue weighted by atomic mass is 9.81. The van der Waals surface area contributed by atoms with Crippen LogP contribution in [0.3, 0.4) is 0 Å². The molecule has 34 heavy (non-hydrogen) atoms. The number of hydrogen-bond donors (Lipinski definition) is 1. The second-order valence-electron chi connectivity index (χ2n) is 8.76. The predicted molar refractivity (Wildman–Crippen MR) is 125 cm³/mol. The molecule has 1 aromatic heterocycles. The van der Waals surface area contributed by atoms with Crippen LogP contribution in [0, 0.1) is 5.82 Å². The third-order valence-corrected chi connectivity index (χ3v) is 5.68. The van der Waals surface area contributed by atoms with E-state index in [-0.39, 0.29) is 24.6 Å². The van der Waals surface area contributed by atoms with Gasteiger partial charge in [-0.3, -0.25) is 9.59 Å². The van der Waals surface area contributed by atoms with Gasteiger partial charge in [-0.15, -0.1) is 0 Å². The number of nitrogens with zero attached hydrogens (tertiary/aromatic N) is 1. The number of aromatic nitrogens is 1. The summed E-state index contributed by atoms with van der Waals surface area (Å²) in [5.41, 5.74) is 1.97. The molecule has 0 atom stereocenters. The molecule has 0 bridgehead atoms. The van der Waals surface area contributed by atoms with Crippen LogP contribution < -0.4 is 4.74 Å². The minimum atomic E-state index is -0.586. The lowest BCUT2D eigenvalue weighted by Crippen LogP contribution is -2.36. The average Bonchev–Trinajstić information content (AvgIpc) is 3.10. The van der Waals surface area contributed by atoms with Gasteiger partial charge in [0.2, 0.25) is 0 Å². The summed E-state index contributed by atoms with van der Waals surface area (Å²) in [5.74, 6) is -1.43. The average molecular weight is 464 g/mol. The third kappa shape index (κ3) is 4.31. The summed E-state index contributed by atoms with van der Waals surface area (Å²) in [5, 5.41) is 0.835. The van der Waals surface area contributed by atoms with Crippen LogP contribution >= 0.6 is 0 Å². The Balaban J connectivity index is 1.88. The van der Waals surface area contributed by atoms with Gasteiger partial charge in [-0.2, -0.15) is 0 Å². The molecule has 2 heterocycles. The Labute approximate surface area is 196 Å². The molecule has 2 aromatic carbocycles. The number of fused-ring (bicyclic) bond motifs is 3. The Hall–Kier alpha value is -3.94. The first-order valence-electron chi connectivity index (χ1n) is 10.9. The molecule has 7 nitrogen and oxygen atoms in total. The summed E-state index contributed by atoms with van der Waals surface area (Å²) in [6.07, 6.45) is 1.49. The number of carbonyl (C=O) groups is 3. The number of hydrogen-bond acceptors (Lipinski definition) is 5. The van der Waals surface area contributed by atoms with E-state index in [2.05, 4.69) is 4.98 Å². The maximum Gasteiger partial charge on any atom is 0.341 e. The van der Waals surface area contributed by atoms with Gasteiger partial charge in [0.05, 0.1) is 17.9 Å². The number of halogens is 1. The largest absolute Gasteiger partial charge is 0.462 e. The van der Waals surface area contributed by atoms with E-state index in [1.54, 1.807) is 19.1 Å². The normalized spacial score (nSPS) is 14.7. The lowest BCUT2D eigenvalue weighted by molar-refractivity contribution is -0.136. The van der Waals surface area contributed by atoms with Crippen molar-refractivity contribution in [3.63, 3.8) is 0 Å². The van der Waals surface area contributed by atoms with E-state index >= 15 is 0 Å². The first kappa shape index (κ1) is 23.2. The first-order chi connectivity index (χ1) is 16.1. The Morgan fingerprint density at radius 2 is 1.82 bits per heavy atom. The Kier molecular flexibility index (Phi) is 6.00. The fourth-order valence-electron chi connectivity index (χ4n) is 4.33. The van der Waals surface area contributed by atoms with Crippen LogP contribution in [0.25, 0.3) is 16.5 Å². The second kappa shape index (κ2) is 8.78. The van der Waals surface area contributed by atoms with Crippen molar-refractivity contribution in [2.45, 2.75) is 33.1 Å². The molecule has 0 aliphatic carbocycles. The smallest absolute Gasteiger partial charge is 0.341 e. The van der Waals surface area contributed by atoms with E-state index in [1.807, 2.05) is 19.9 Å². The standard InChI is InChI=1S/C26H25FN2O5/c1-5-33-25(32)20-13-29(24(31)16-6-8-17(27)9-7-16)14-26(3,4)22-19-11-10-18(34-15(2)30)12-21(19)28-23(20)22/h6-13,28H,5,14H2,1-4H3. The van der Waals surface area contributed by atoms with Gasteiger partial charge < -0.3 is 19.4 Å². The van der Waals surface area contributed by atoms with Crippen molar-refractivity contribution in [1.82, 2.24) is 9.88 Å². The van der Waals surface area contributed by atoms with Gasteiger partial charge in [-0.1, -0.05) is 13.8 Å². The number of carbonyl (C=O) groups excluding carboxylic acids is 3. The maximum absolute atomic E-state index is 13.4. The van der Waals surface area contributed by atoms with Gasteiger partial charge in [0.15, 0.2) is 0 Å². The fraction of sp³-hybridized carbons (Fsp3) is 0.269. The quantitative estimate of drug-likeness (QED) is 0.451. The Morgan fingerprint density at radius 3 is 2.47 bits per heavy atom. The lowest BCUT2D eigenvalue weighted by Gasteiger charge is -2.29. The number of nitrogens with one attached hydrogen (secondary N) is 1. The number of aromatic amines is 1. The van der Waals surface area contributed by atoms with Crippen LogP contribution in [-0.2, 0) is 19.7 Å². The molecule has 0 saturated carbocycles. The number of ether oxygens (including phenoxy) is 2. The minimum Gasteiger partial charge on any atom is -0.462 e. The number of H-pyrrole nitrogens is 1. The molecule has 0 saturated heterocycles. The van der Waals surface area contributed by atoms with Crippen molar-refractivity contribution in [1.29, 1.82) is 0 Å². The van der Waals surface area contributed by atoms with Crippen molar-refractivity contribution in [2.24, 2.45) is 0 Å². The molecule has 0 radical (unpaired) electrons. The van der Waals surface area contributed by atoms with Crippen LogP contribution in [0.15, 0.2) is 48.7 Å². The van der Waals surface area contributed by atoms with E-state index in [4.69, 9.17) is 9.47 Å². The maximum atomic E-state index is 13.4. The van der Waals surface area contributed by atoms with Gasteiger partial charge in [0, 0.05) is 47.6 Å². The summed E-state index contributed by atoms with van der Waals surface area (Å²) in [4.78, 5) is 42.4. The second-order valence-corrected chi connectivity index (χ2v) is 8.76. The number of amides is 1. The van der Waals surface area contributed by atoms with E-state index < -0.39 is 23.2 Å². The number of benzene rings is 2.